The molecular formula is C15H22N6O2. The van der Waals surface area contributed by atoms with E-state index >= 15 is 0 Å². The molecule has 0 saturated carbocycles. The van der Waals surface area contributed by atoms with Gasteiger partial charge in [0.2, 0.25) is 11.8 Å². The van der Waals surface area contributed by atoms with Crippen LogP contribution in [-0.2, 0) is 11.8 Å². The van der Waals surface area contributed by atoms with Crippen LogP contribution in [0.2, 0.25) is 0 Å². The van der Waals surface area contributed by atoms with Crippen molar-refractivity contribution in [3.8, 4) is 5.88 Å². The molecule has 8 heteroatoms. The number of ether oxygens (including phenoxy) is 1. The molecule has 2 aromatic heterocycles. The Bertz CT molecular complexity index is 693. The zero-order valence-electron chi connectivity index (χ0n) is 13.9. The van der Waals surface area contributed by atoms with Crippen molar-refractivity contribution < 1.29 is 9.53 Å². The van der Waals surface area contributed by atoms with Gasteiger partial charge in [0.15, 0.2) is 0 Å². The minimum Gasteiger partial charge on any atom is -0.481 e. The molecule has 2 aromatic rings. The summed E-state index contributed by atoms with van der Waals surface area (Å²) < 4.78 is 8.82. The third kappa shape index (κ3) is 2.58. The van der Waals surface area contributed by atoms with Crippen LogP contribution < -0.4 is 4.74 Å². The van der Waals surface area contributed by atoms with Crippen molar-refractivity contribution in [1.82, 2.24) is 29.4 Å². The van der Waals surface area contributed by atoms with Gasteiger partial charge in [-0.05, 0) is 26.7 Å². The van der Waals surface area contributed by atoms with Gasteiger partial charge < -0.3 is 9.64 Å². The third-order valence-corrected chi connectivity index (χ3v) is 4.47. The summed E-state index contributed by atoms with van der Waals surface area (Å²) in [7, 11) is 3.49. The van der Waals surface area contributed by atoms with Gasteiger partial charge in [0.25, 0.3) is 0 Å². The Hall–Kier alpha value is -2.38. The minimum absolute atomic E-state index is 0.00267. The highest BCUT2D eigenvalue weighted by Crippen LogP contribution is 2.39. The van der Waals surface area contributed by atoms with Crippen LogP contribution in [0, 0.1) is 6.92 Å². The SMILES string of the molecule is COc1c([C@@H]2CCCN2C(=O)[C@@H](C)n2cncn2)c(C)nn1C. The molecule has 124 valence electrons. The molecule has 0 aromatic carbocycles. The first-order valence-electron chi connectivity index (χ1n) is 7.76. The highest BCUT2D eigenvalue weighted by Gasteiger charge is 2.37. The van der Waals surface area contributed by atoms with Gasteiger partial charge in [0.1, 0.15) is 18.7 Å². The molecule has 1 aliphatic rings. The second-order valence-corrected chi connectivity index (χ2v) is 5.87. The summed E-state index contributed by atoms with van der Waals surface area (Å²) in [5.74, 6) is 0.768. The number of amides is 1. The molecule has 0 spiro atoms. The normalized spacial score (nSPS) is 19.1. The van der Waals surface area contributed by atoms with E-state index in [0.717, 1.165) is 36.5 Å². The number of likely N-dealkylation sites (tertiary alicyclic amines) is 1. The van der Waals surface area contributed by atoms with Crippen LogP contribution in [0.4, 0.5) is 0 Å². The Morgan fingerprint density at radius 2 is 2.26 bits per heavy atom. The molecule has 1 amide bonds. The van der Waals surface area contributed by atoms with Crippen LogP contribution in [0.25, 0.3) is 0 Å². The standard InChI is InChI=1S/C15H22N6O2/c1-10-13(15(23-4)19(3)18-10)12-6-5-7-20(12)14(22)11(2)21-9-16-8-17-21/h8-9,11-12H,5-7H2,1-4H3/t11-,12+/m1/s1. The number of carbonyl (C=O) groups excluding carboxylic acids is 1. The lowest BCUT2D eigenvalue weighted by Gasteiger charge is -2.27. The van der Waals surface area contributed by atoms with Crippen molar-refractivity contribution in [2.45, 2.75) is 38.8 Å². The zero-order valence-corrected chi connectivity index (χ0v) is 13.9. The van der Waals surface area contributed by atoms with Crippen molar-refractivity contribution >= 4 is 5.91 Å². The molecule has 2 atom stereocenters. The summed E-state index contributed by atoms with van der Waals surface area (Å²) in [4.78, 5) is 18.8. The summed E-state index contributed by atoms with van der Waals surface area (Å²) >= 11 is 0. The van der Waals surface area contributed by atoms with Gasteiger partial charge in [-0.25, -0.2) is 14.3 Å². The molecule has 0 bridgehead atoms. The van der Waals surface area contributed by atoms with Crippen molar-refractivity contribution in [2.24, 2.45) is 7.05 Å². The lowest BCUT2D eigenvalue weighted by molar-refractivity contribution is -0.135. The Morgan fingerprint density at radius 1 is 1.48 bits per heavy atom. The lowest BCUT2D eigenvalue weighted by Crippen LogP contribution is -2.36. The molecule has 3 heterocycles. The summed E-state index contributed by atoms with van der Waals surface area (Å²) in [6.45, 7) is 4.54. The topological polar surface area (TPSA) is 78.1 Å². The summed E-state index contributed by atoms with van der Waals surface area (Å²) in [5, 5.41) is 8.52. The van der Waals surface area contributed by atoms with Crippen molar-refractivity contribution in [1.29, 1.82) is 0 Å². The van der Waals surface area contributed by atoms with Gasteiger partial charge >= 0.3 is 0 Å². The van der Waals surface area contributed by atoms with Crippen molar-refractivity contribution in [2.75, 3.05) is 13.7 Å². The molecule has 23 heavy (non-hydrogen) atoms. The first-order valence-corrected chi connectivity index (χ1v) is 7.76. The Morgan fingerprint density at radius 3 is 2.91 bits per heavy atom. The Balaban J connectivity index is 1.90. The van der Waals surface area contributed by atoms with Crippen LogP contribution in [0.15, 0.2) is 12.7 Å². The average molecular weight is 318 g/mol. The Labute approximate surface area is 135 Å². The van der Waals surface area contributed by atoms with Crippen LogP contribution >= 0.6 is 0 Å². The average Bonchev–Trinajstić information content (AvgIpc) is 3.24. The van der Waals surface area contributed by atoms with Crippen LogP contribution in [-0.4, -0.2) is 49.0 Å². The molecule has 1 aliphatic heterocycles. The van der Waals surface area contributed by atoms with Gasteiger partial charge in [-0.3, -0.25) is 4.79 Å². The molecule has 1 saturated heterocycles. The quantitative estimate of drug-likeness (QED) is 0.848. The second kappa shape index (κ2) is 6.02. The number of aromatic nitrogens is 5. The van der Waals surface area contributed by atoms with E-state index in [1.807, 2.05) is 25.8 Å². The largest absolute Gasteiger partial charge is 0.481 e. The molecular weight excluding hydrogens is 296 g/mol. The van der Waals surface area contributed by atoms with E-state index in [4.69, 9.17) is 4.74 Å². The second-order valence-electron chi connectivity index (χ2n) is 5.87. The molecule has 1 fully saturated rings. The number of aryl methyl sites for hydroxylation is 2. The number of rotatable bonds is 4. The van der Waals surface area contributed by atoms with Crippen LogP contribution in [0.1, 0.15) is 43.1 Å². The molecule has 0 N–H and O–H groups in total. The first kappa shape index (κ1) is 15.5. The predicted molar refractivity (Wildman–Crippen MR) is 82.9 cm³/mol. The van der Waals surface area contributed by atoms with E-state index in [9.17, 15) is 4.79 Å². The molecule has 0 unspecified atom stereocenters. The van der Waals surface area contributed by atoms with Gasteiger partial charge in [0, 0.05) is 13.6 Å². The maximum Gasteiger partial charge on any atom is 0.247 e. The highest BCUT2D eigenvalue weighted by atomic mass is 16.5. The van der Waals surface area contributed by atoms with E-state index in [2.05, 4.69) is 15.2 Å². The molecule has 8 nitrogen and oxygen atoms in total. The van der Waals surface area contributed by atoms with E-state index in [1.165, 1.54) is 6.33 Å². The van der Waals surface area contributed by atoms with E-state index in [1.54, 1.807) is 22.8 Å². The van der Waals surface area contributed by atoms with Crippen LogP contribution in [0.5, 0.6) is 5.88 Å². The van der Waals surface area contributed by atoms with Crippen molar-refractivity contribution in [3.63, 3.8) is 0 Å². The maximum absolute atomic E-state index is 12.9. The maximum atomic E-state index is 12.9. The van der Waals surface area contributed by atoms with Gasteiger partial charge in [0.05, 0.1) is 24.4 Å². The number of nitrogens with zero attached hydrogens (tertiary/aromatic N) is 6. The Kier molecular flexibility index (Phi) is 4.06. The van der Waals surface area contributed by atoms with E-state index in [0.29, 0.717) is 0 Å². The first-order chi connectivity index (χ1) is 11.0. The number of methoxy groups -OCH3 is 1. The van der Waals surface area contributed by atoms with Crippen molar-refractivity contribution in [3.05, 3.63) is 23.9 Å². The summed E-state index contributed by atoms with van der Waals surface area (Å²) in [5.41, 5.74) is 1.91. The number of hydrogen-bond donors (Lipinski definition) is 0. The molecule has 0 radical (unpaired) electrons. The van der Waals surface area contributed by atoms with E-state index < -0.39 is 0 Å². The van der Waals surface area contributed by atoms with Gasteiger partial charge in [-0.1, -0.05) is 0 Å². The number of hydrogen-bond acceptors (Lipinski definition) is 5. The fraction of sp³-hybridized carbons (Fsp3) is 0.600. The third-order valence-electron chi connectivity index (χ3n) is 4.47. The minimum atomic E-state index is -0.374. The highest BCUT2D eigenvalue weighted by molar-refractivity contribution is 5.80. The predicted octanol–water partition coefficient (Wildman–Crippen LogP) is 1.25. The molecule has 0 aliphatic carbocycles. The molecule has 3 rings (SSSR count). The summed E-state index contributed by atoms with van der Waals surface area (Å²) in [6.07, 6.45) is 4.90. The van der Waals surface area contributed by atoms with Crippen LogP contribution in [0.3, 0.4) is 0 Å². The van der Waals surface area contributed by atoms with Gasteiger partial charge in [-0.2, -0.15) is 10.2 Å². The number of carbonyl (C=O) groups is 1. The summed E-state index contributed by atoms with van der Waals surface area (Å²) in [6, 6.07) is -0.377. The van der Waals surface area contributed by atoms with Gasteiger partial charge in [-0.15, -0.1) is 0 Å². The smallest absolute Gasteiger partial charge is 0.247 e. The zero-order chi connectivity index (χ0) is 16.6. The fourth-order valence-electron chi connectivity index (χ4n) is 3.38. The van der Waals surface area contributed by atoms with E-state index in [-0.39, 0.29) is 18.0 Å². The monoisotopic (exact) mass is 318 g/mol. The lowest BCUT2D eigenvalue weighted by atomic mass is 10.0. The fourth-order valence-corrected chi connectivity index (χ4v) is 3.38.